The van der Waals surface area contributed by atoms with Crippen molar-refractivity contribution in [1.29, 1.82) is 0 Å². The fourth-order valence-electron chi connectivity index (χ4n) is 4.22. The second-order valence-corrected chi connectivity index (χ2v) is 12.8. The van der Waals surface area contributed by atoms with E-state index >= 15 is 0 Å². The third-order valence-electron chi connectivity index (χ3n) is 6.86. The molecule has 0 saturated carbocycles. The number of carbonyl (C=O) groups is 2. The number of amides is 2. The smallest absolute Gasteiger partial charge is 0.264 e. The van der Waals surface area contributed by atoms with Gasteiger partial charge < -0.3 is 10.2 Å². The number of sulfonamides is 1. The van der Waals surface area contributed by atoms with Crippen LogP contribution in [-0.4, -0.2) is 43.8 Å². The summed E-state index contributed by atoms with van der Waals surface area (Å²) in [5, 5.41) is 2.99. The lowest BCUT2D eigenvalue weighted by atomic mass is 10.1. The maximum atomic E-state index is 14.1. The van der Waals surface area contributed by atoms with Crippen LogP contribution in [0.2, 0.25) is 0 Å². The first-order valence-corrected chi connectivity index (χ1v) is 15.7. The fourth-order valence-corrected chi connectivity index (χ4v) is 5.90. The topological polar surface area (TPSA) is 86.8 Å². The molecule has 0 aromatic heterocycles. The van der Waals surface area contributed by atoms with E-state index in [2.05, 4.69) is 21.2 Å². The monoisotopic (exact) mass is 627 g/mol. The van der Waals surface area contributed by atoms with Crippen LogP contribution in [0.3, 0.4) is 0 Å². The first kappa shape index (κ1) is 31.4. The average molecular weight is 629 g/mol. The van der Waals surface area contributed by atoms with Gasteiger partial charge >= 0.3 is 0 Å². The number of aryl methyl sites for hydroxylation is 2. The molecule has 40 heavy (non-hydrogen) atoms. The van der Waals surface area contributed by atoms with Crippen molar-refractivity contribution < 1.29 is 18.0 Å². The highest BCUT2D eigenvalue weighted by Gasteiger charge is 2.34. The highest BCUT2D eigenvalue weighted by Crippen LogP contribution is 2.26. The van der Waals surface area contributed by atoms with E-state index in [1.807, 2.05) is 58.9 Å². The molecule has 1 N–H and O–H groups in total. The average Bonchev–Trinajstić information content (AvgIpc) is 2.93. The van der Waals surface area contributed by atoms with Crippen molar-refractivity contribution in [1.82, 2.24) is 10.2 Å². The molecular weight excluding hydrogens is 590 g/mol. The van der Waals surface area contributed by atoms with E-state index in [4.69, 9.17) is 0 Å². The summed E-state index contributed by atoms with van der Waals surface area (Å²) in [6.07, 6.45) is 1.13. The van der Waals surface area contributed by atoms with E-state index in [1.54, 1.807) is 48.5 Å². The largest absolute Gasteiger partial charge is 0.352 e. The molecule has 0 aliphatic rings. The van der Waals surface area contributed by atoms with Crippen molar-refractivity contribution in [3.05, 3.63) is 94.0 Å². The Morgan fingerprint density at radius 3 is 1.93 bits per heavy atom. The molecule has 3 rings (SSSR count). The standard InChI is InChI=1S/C31H38BrN3O4S/c1-6-24(5)33-31(37)29(7-2)34(20-25-12-8-22(3)9-13-25)30(36)21-35(27-16-14-26(32)15-17-27)40(38,39)28-18-10-23(4)11-19-28/h8-19,24,29H,6-7,20-21H2,1-5H3,(H,33,37)/t24-,29+/m0/s1. The molecule has 0 bridgehead atoms. The Balaban J connectivity index is 2.04. The zero-order valence-corrected chi connectivity index (χ0v) is 26.1. The minimum absolute atomic E-state index is 0.0564. The summed E-state index contributed by atoms with van der Waals surface area (Å²) in [7, 11) is -4.10. The fraction of sp³-hybridized carbons (Fsp3) is 0.355. The van der Waals surface area contributed by atoms with Gasteiger partial charge in [-0.1, -0.05) is 77.3 Å². The van der Waals surface area contributed by atoms with Gasteiger partial charge in [0.1, 0.15) is 12.6 Å². The number of benzene rings is 3. The number of nitrogens with one attached hydrogen (secondary N) is 1. The Hall–Kier alpha value is -3.17. The minimum Gasteiger partial charge on any atom is -0.352 e. The molecular formula is C31H38BrN3O4S. The molecule has 0 aliphatic carbocycles. The molecule has 7 nitrogen and oxygen atoms in total. The molecule has 3 aromatic rings. The lowest BCUT2D eigenvalue weighted by Crippen LogP contribution is -2.53. The van der Waals surface area contributed by atoms with Crippen molar-refractivity contribution in [2.45, 2.75) is 71.0 Å². The summed E-state index contributed by atoms with van der Waals surface area (Å²) in [5.74, 6) is -0.723. The quantitative estimate of drug-likeness (QED) is 0.267. The van der Waals surface area contributed by atoms with E-state index in [0.717, 1.165) is 31.9 Å². The van der Waals surface area contributed by atoms with Crippen molar-refractivity contribution in [3.8, 4) is 0 Å². The Morgan fingerprint density at radius 2 is 1.40 bits per heavy atom. The van der Waals surface area contributed by atoms with Gasteiger partial charge in [-0.05, 0) is 75.6 Å². The highest BCUT2D eigenvalue weighted by molar-refractivity contribution is 9.10. The molecule has 2 amide bonds. The van der Waals surface area contributed by atoms with E-state index in [1.165, 1.54) is 4.90 Å². The van der Waals surface area contributed by atoms with Crippen molar-refractivity contribution in [3.63, 3.8) is 0 Å². The van der Waals surface area contributed by atoms with Crippen molar-refractivity contribution in [2.75, 3.05) is 10.8 Å². The van der Waals surface area contributed by atoms with Crippen molar-refractivity contribution >= 4 is 43.5 Å². The van der Waals surface area contributed by atoms with E-state index in [-0.39, 0.29) is 23.4 Å². The predicted octanol–water partition coefficient (Wildman–Crippen LogP) is 5.98. The van der Waals surface area contributed by atoms with E-state index < -0.39 is 28.5 Å². The lowest BCUT2D eigenvalue weighted by Gasteiger charge is -2.33. The Kier molecular flexibility index (Phi) is 10.9. The summed E-state index contributed by atoms with van der Waals surface area (Å²) in [5.41, 5.74) is 3.20. The molecule has 0 spiro atoms. The van der Waals surface area contributed by atoms with Crippen LogP contribution in [0.5, 0.6) is 0 Å². The van der Waals surface area contributed by atoms with Crippen LogP contribution in [0, 0.1) is 13.8 Å². The SMILES string of the molecule is CC[C@H](C(=O)N[C@@H](C)CC)N(Cc1ccc(C)cc1)C(=O)CN(c1ccc(Br)cc1)S(=O)(=O)c1ccc(C)cc1. The Bertz CT molecular complexity index is 1390. The van der Waals surface area contributed by atoms with E-state index in [0.29, 0.717) is 12.1 Å². The number of carbonyl (C=O) groups excluding carboxylic acids is 2. The zero-order chi connectivity index (χ0) is 29.4. The maximum absolute atomic E-state index is 14.1. The number of halogens is 1. The van der Waals surface area contributed by atoms with Crippen LogP contribution in [0.4, 0.5) is 5.69 Å². The number of hydrogen-bond donors (Lipinski definition) is 1. The van der Waals surface area contributed by atoms with Crippen LogP contribution in [0.1, 0.15) is 50.3 Å². The Morgan fingerprint density at radius 1 is 0.850 bits per heavy atom. The first-order valence-electron chi connectivity index (χ1n) is 13.5. The molecule has 9 heteroatoms. The van der Waals surface area contributed by atoms with Gasteiger partial charge in [-0.15, -0.1) is 0 Å². The van der Waals surface area contributed by atoms with Crippen LogP contribution >= 0.6 is 15.9 Å². The third kappa shape index (κ3) is 7.95. The highest BCUT2D eigenvalue weighted by atomic mass is 79.9. The molecule has 214 valence electrons. The number of hydrogen-bond acceptors (Lipinski definition) is 4. The van der Waals surface area contributed by atoms with Gasteiger partial charge in [0.25, 0.3) is 10.0 Å². The molecule has 2 atom stereocenters. The normalized spacial score (nSPS) is 12.8. The lowest BCUT2D eigenvalue weighted by molar-refractivity contribution is -0.140. The van der Waals surface area contributed by atoms with Gasteiger partial charge in [0.05, 0.1) is 10.6 Å². The third-order valence-corrected chi connectivity index (χ3v) is 9.18. The number of nitrogens with zero attached hydrogens (tertiary/aromatic N) is 2. The number of rotatable bonds is 12. The molecule has 0 heterocycles. The summed E-state index contributed by atoms with van der Waals surface area (Å²) in [4.78, 5) is 29.0. The van der Waals surface area contributed by atoms with Crippen LogP contribution < -0.4 is 9.62 Å². The van der Waals surface area contributed by atoms with Crippen LogP contribution in [0.15, 0.2) is 82.2 Å². The van der Waals surface area contributed by atoms with Gasteiger partial charge in [0, 0.05) is 17.1 Å². The molecule has 0 unspecified atom stereocenters. The van der Waals surface area contributed by atoms with Gasteiger partial charge in [-0.3, -0.25) is 13.9 Å². The van der Waals surface area contributed by atoms with Gasteiger partial charge in [-0.25, -0.2) is 8.42 Å². The second kappa shape index (κ2) is 13.9. The molecule has 0 saturated heterocycles. The summed E-state index contributed by atoms with van der Waals surface area (Å²) >= 11 is 3.40. The van der Waals surface area contributed by atoms with Gasteiger partial charge in [-0.2, -0.15) is 0 Å². The summed E-state index contributed by atoms with van der Waals surface area (Å²) in [6, 6.07) is 20.2. The molecule has 3 aromatic carbocycles. The van der Waals surface area contributed by atoms with Gasteiger partial charge in [0.2, 0.25) is 11.8 Å². The summed E-state index contributed by atoms with van der Waals surface area (Å²) in [6.45, 7) is 9.32. The summed E-state index contributed by atoms with van der Waals surface area (Å²) < 4.78 is 29.7. The minimum atomic E-state index is -4.10. The second-order valence-electron chi connectivity index (χ2n) is 10.1. The van der Waals surface area contributed by atoms with Crippen LogP contribution in [0.25, 0.3) is 0 Å². The van der Waals surface area contributed by atoms with Gasteiger partial charge in [0.15, 0.2) is 0 Å². The molecule has 0 aliphatic heterocycles. The van der Waals surface area contributed by atoms with Crippen molar-refractivity contribution in [2.24, 2.45) is 0 Å². The van der Waals surface area contributed by atoms with Crippen LogP contribution in [-0.2, 0) is 26.2 Å². The first-order chi connectivity index (χ1) is 19.0. The number of anilines is 1. The van der Waals surface area contributed by atoms with E-state index in [9.17, 15) is 18.0 Å². The Labute approximate surface area is 246 Å². The zero-order valence-electron chi connectivity index (χ0n) is 23.7. The maximum Gasteiger partial charge on any atom is 0.264 e. The predicted molar refractivity (Wildman–Crippen MR) is 164 cm³/mol. The molecule has 0 fully saturated rings. The molecule has 0 radical (unpaired) electrons.